The van der Waals surface area contributed by atoms with Gasteiger partial charge in [-0.3, -0.25) is 0 Å². The molecule has 0 amide bonds. The summed E-state index contributed by atoms with van der Waals surface area (Å²) in [5.74, 6) is 0.333. The Morgan fingerprint density at radius 1 is 0.660 bits per heavy atom. The molecular weight excluding hydrogens is 605 g/mol. The van der Waals surface area contributed by atoms with Crippen molar-refractivity contribution in [2.75, 3.05) is 4.90 Å². The first kappa shape index (κ1) is 30.0. The summed E-state index contributed by atoms with van der Waals surface area (Å²) >= 11 is 0. The van der Waals surface area contributed by atoms with Gasteiger partial charge in [-0.1, -0.05) is 109 Å². The number of nitrogens with zero attached hydrogens (tertiary/aromatic N) is 2. The van der Waals surface area contributed by atoms with Gasteiger partial charge in [0.05, 0.1) is 12.1 Å². The van der Waals surface area contributed by atoms with Gasteiger partial charge in [0.25, 0.3) is 0 Å². The van der Waals surface area contributed by atoms with E-state index in [2.05, 4.69) is 143 Å². The van der Waals surface area contributed by atoms with Gasteiger partial charge in [0.15, 0.2) is 0 Å². The number of hydrogen-bond acceptors (Lipinski definition) is 1. The summed E-state index contributed by atoms with van der Waals surface area (Å²) in [6.45, 7) is 0. The van der Waals surface area contributed by atoms with Crippen LogP contribution in [0.25, 0.3) is 28.1 Å². The van der Waals surface area contributed by atoms with Crippen molar-refractivity contribution in [3.8, 4) is 0 Å². The van der Waals surface area contributed by atoms with Crippen LogP contribution in [0.4, 0.5) is 5.69 Å². The van der Waals surface area contributed by atoms with Crippen molar-refractivity contribution in [1.82, 2.24) is 4.57 Å². The van der Waals surface area contributed by atoms with Gasteiger partial charge in [0.2, 0.25) is 0 Å². The van der Waals surface area contributed by atoms with Crippen molar-refractivity contribution in [2.24, 2.45) is 0 Å². The highest BCUT2D eigenvalue weighted by atomic mass is 15.2. The van der Waals surface area contributed by atoms with Crippen LogP contribution in [0.3, 0.4) is 0 Å². The third kappa shape index (κ3) is 5.06. The standard InChI is InChI=1S/C48H46N2/c1-4-12-33(13-5-1)35-20-25-40(26-21-35)49-46-28-23-36(34-14-6-2-7-15-34)30-43(46)44-31-37(24-29-47(44)49)38-22-27-42-41-18-10-11-19-45(41)50(48(42)32-38)39-16-8-3-9-17-39/h1,3-4,6,8-9,11-12,14-16,19-20,22-24,27-32,39-40,44,47H,2,5,7,10,13,17-18,21,25-26H2. The Kier molecular flexibility index (Phi) is 7.51. The van der Waals surface area contributed by atoms with Crippen molar-refractivity contribution >= 4 is 33.8 Å². The molecule has 0 N–H and O–H groups in total. The lowest BCUT2D eigenvalue weighted by molar-refractivity contribution is 0.505. The van der Waals surface area contributed by atoms with E-state index < -0.39 is 0 Å². The number of hydrogen-bond donors (Lipinski definition) is 0. The maximum absolute atomic E-state index is 2.80. The molecule has 7 aliphatic rings. The molecule has 1 aliphatic heterocycles. The summed E-state index contributed by atoms with van der Waals surface area (Å²) in [6, 6.07) is 15.9. The van der Waals surface area contributed by atoms with Crippen LogP contribution in [0, 0.1) is 0 Å². The minimum Gasteiger partial charge on any atom is -0.361 e. The van der Waals surface area contributed by atoms with Gasteiger partial charge in [-0.05, 0) is 133 Å². The zero-order chi connectivity index (χ0) is 33.0. The van der Waals surface area contributed by atoms with Crippen molar-refractivity contribution in [3.05, 3.63) is 167 Å². The van der Waals surface area contributed by atoms with E-state index in [4.69, 9.17) is 0 Å². The van der Waals surface area contributed by atoms with Crippen LogP contribution < -0.4 is 4.90 Å². The molecule has 4 atom stereocenters. The normalized spacial score (nSPS) is 26.4. The topological polar surface area (TPSA) is 8.17 Å². The van der Waals surface area contributed by atoms with Gasteiger partial charge in [0.1, 0.15) is 0 Å². The van der Waals surface area contributed by atoms with Gasteiger partial charge in [0, 0.05) is 34.2 Å². The van der Waals surface area contributed by atoms with Gasteiger partial charge < -0.3 is 9.47 Å². The maximum Gasteiger partial charge on any atom is 0.0584 e. The number of aryl methyl sites for hydroxylation is 1. The van der Waals surface area contributed by atoms with E-state index in [0.717, 1.165) is 38.5 Å². The second-order valence-corrected chi connectivity index (χ2v) is 15.2. The molecule has 0 fully saturated rings. The molecule has 10 rings (SSSR count). The van der Waals surface area contributed by atoms with E-state index in [9.17, 15) is 0 Å². The Hall–Kier alpha value is -4.82. The molecule has 0 spiro atoms. The number of fused-ring (bicyclic) bond motifs is 6. The largest absolute Gasteiger partial charge is 0.361 e. The summed E-state index contributed by atoms with van der Waals surface area (Å²) in [5, 5.41) is 1.43. The smallest absolute Gasteiger partial charge is 0.0584 e. The minimum absolute atomic E-state index is 0.333. The fourth-order valence-corrected chi connectivity index (χ4v) is 9.86. The molecule has 4 unspecified atom stereocenters. The summed E-state index contributed by atoms with van der Waals surface area (Å²) in [7, 11) is 0. The van der Waals surface area contributed by atoms with E-state index in [1.54, 1.807) is 11.1 Å². The van der Waals surface area contributed by atoms with Gasteiger partial charge >= 0.3 is 0 Å². The molecule has 2 nitrogen and oxygen atoms in total. The third-order valence-corrected chi connectivity index (χ3v) is 12.3. The lowest BCUT2D eigenvalue weighted by Gasteiger charge is -2.38. The van der Waals surface area contributed by atoms with E-state index in [0.29, 0.717) is 24.0 Å². The molecule has 0 bridgehead atoms. The highest BCUT2D eigenvalue weighted by Gasteiger charge is 2.41. The van der Waals surface area contributed by atoms with E-state index in [-0.39, 0.29) is 0 Å². The highest BCUT2D eigenvalue weighted by molar-refractivity contribution is 5.93. The molecule has 1 aromatic heterocycles. The summed E-state index contributed by atoms with van der Waals surface area (Å²) in [4.78, 5) is 2.80. The quantitative estimate of drug-likeness (QED) is 0.267. The molecule has 2 heteroatoms. The Morgan fingerprint density at radius 3 is 2.42 bits per heavy atom. The predicted octanol–water partition coefficient (Wildman–Crippen LogP) is 12.1. The number of benzene rings is 2. The van der Waals surface area contributed by atoms with Gasteiger partial charge in [-0.2, -0.15) is 0 Å². The number of allylic oxidation sites excluding steroid dienone is 16. The zero-order valence-corrected chi connectivity index (χ0v) is 29.0. The third-order valence-electron chi connectivity index (χ3n) is 12.3. The fraction of sp³-hybridized carbons (Fsp3) is 0.292. The Morgan fingerprint density at radius 2 is 1.58 bits per heavy atom. The van der Waals surface area contributed by atoms with Crippen LogP contribution >= 0.6 is 0 Å². The first-order valence-electron chi connectivity index (χ1n) is 19.2. The Bertz CT molecular complexity index is 2200. The van der Waals surface area contributed by atoms with Crippen molar-refractivity contribution in [1.29, 1.82) is 0 Å². The van der Waals surface area contributed by atoms with Crippen LogP contribution in [-0.2, 0) is 6.42 Å². The van der Waals surface area contributed by atoms with E-state index in [1.165, 1.54) is 81.4 Å². The number of aromatic nitrogens is 1. The minimum atomic E-state index is 0.333. The second-order valence-electron chi connectivity index (χ2n) is 15.2. The van der Waals surface area contributed by atoms with Crippen LogP contribution in [0.2, 0.25) is 0 Å². The molecule has 3 aromatic rings. The fourth-order valence-electron chi connectivity index (χ4n) is 9.86. The van der Waals surface area contributed by atoms with Crippen LogP contribution in [0.15, 0.2) is 139 Å². The average Bonchev–Trinajstić information content (AvgIpc) is 3.70. The van der Waals surface area contributed by atoms with E-state index in [1.807, 2.05) is 0 Å². The van der Waals surface area contributed by atoms with Crippen LogP contribution in [-0.4, -0.2) is 16.7 Å². The lowest BCUT2D eigenvalue weighted by atomic mass is 9.84. The van der Waals surface area contributed by atoms with E-state index >= 15 is 0 Å². The van der Waals surface area contributed by atoms with Crippen molar-refractivity contribution in [2.45, 2.75) is 88.3 Å². The number of anilines is 1. The zero-order valence-electron chi connectivity index (χ0n) is 29.0. The molecule has 6 aliphatic carbocycles. The summed E-state index contributed by atoms with van der Waals surface area (Å²) < 4.78 is 2.62. The molecule has 2 heterocycles. The highest BCUT2D eigenvalue weighted by Crippen LogP contribution is 2.50. The van der Waals surface area contributed by atoms with Gasteiger partial charge in [-0.15, -0.1) is 0 Å². The molecule has 50 heavy (non-hydrogen) atoms. The van der Waals surface area contributed by atoms with Crippen molar-refractivity contribution < 1.29 is 0 Å². The second kappa shape index (κ2) is 12.5. The van der Waals surface area contributed by atoms with Crippen LogP contribution in [0.1, 0.15) is 97.7 Å². The average molecular weight is 651 g/mol. The monoisotopic (exact) mass is 650 g/mol. The molecule has 0 saturated carbocycles. The molecular formula is C48H46N2. The molecule has 248 valence electrons. The summed E-state index contributed by atoms with van der Waals surface area (Å²) in [6.07, 6.45) is 49.5. The summed E-state index contributed by atoms with van der Waals surface area (Å²) in [5.41, 5.74) is 15.8. The SMILES string of the molecule is C1=CCCC(C2=CCC(N3c4ccc(C5=CCCC=C5)cc4C4C=C(c5ccc6c7c(n(C8C=CC=CC8)c6c5)C=CCC7)C=CC43)CC2)=C1. The first-order valence-corrected chi connectivity index (χ1v) is 19.2. The first-order chi connectivity index (χ1) is 24.8. The predicted molar refractivity (Wildman–Crippen MR) is 212 cm³/mol. The molecule has 0 radical (unpaired) electrons. The Labute approximate surface area is 297 Å². The van der Waals surface area contributed by atoms with Crippen LogP contribution in [0.5, 0.6) is 0 Å². The maximum atomic E-state index is 2.80. The van der Waals surface area contributed by atoms with Crippen molar-refractivity contribution in [3.63, 3.8) is 0 Å². The Balaban J connectivity index is 1.04. The molecule has 2 aromatic carbocycles. The number of rotatable bonds is 5. The lowest BCUT2D eigenvalue weighted by Crippen LogP contribution is -2.42. The van der Waals surface area contributed by atoms with Gasteiger partial charge in [-0.25, -0.2) is 0 Å². The molecule has 0 saturated heterocycles.